The van der Waals surface area contributed by atoms with Crippen molar-refractivity contribution in [2.45, 2.75) is 71.1 Å². The molecular formula is C27H31N5O4S. The fraction of sp³-hybridized carbons (Fsp3) is 0.407. The van der Waals surface area contributed by atoms with Crippen molar-refractivity contribution < 1.29 is 19.1 Å². The topological polar surface area (TPSA) is 122 Å². The van der Waals surface area contributed by atoms with Crippen molar-refractivity contribution in [2.75, 3.05) is 5.32 Å². The number of carbonyl (C=O) groups is 2. The first-order chi connectivity index (χ1) is 17.7. The first kappa shape index (κ1) is 25.2. The molecule has 1 aromatic carbocycles. The summed E-state index contributed by atoms with van der Waals surface area (Å²) in [5.41, 5.74) is 0.759. The maximum absolute atomic E-state index is 13.1. The van der Waals surface area contributed by atoms with E-state index in [-0.39, 0.29) is 24.4 Å². The van der Waals surface area contributed by atoms with E-state index < -0.39 is 5.60 Å². The van der Waals surface area contributed by atoms with Gasteiger partial charge in [0.15, 0.2) is 11.7 Å². The Morgan fingerprint density at radius 3 is 2.65 bits per heavy atom. The molecule has 1 aliphatic rings. The summed E-state index contributed by atoms with van der Waals surface area (Å²) < 4.78 is 7.33. The zero-order valence-corrected chi connectivity index (χ0v) is 22.0. The van der Waals surface area contributed by atoms with E-state index in [4.69, 9.17) is 4.42 Å². The quantitative estimate of drug-likeness (QED) is 0.309. The average Bonchev–Trinajstić information content (AvgIpc) is 3.58. The van der Waals surface area contributed by atoms with Crippen LogP contribution >= 0.6 is 11.3 Å². The van der Waals surface area contributed by atoms with Gasteiger partial charge in [-0.25, -0.2) is 9.97 Å². The highest BCUT2D eigenvalue weighted by Gasteiger charge is 2.23. The normalized spacial score (nSPS) is 14.7. The van der Waals surface area contributed by atoms with Gasteiger partial charge in [-0.1, -0.05) is 19.3 Å². The summed E-state index contributed by atoms with van der Waals surface area (Å²) in [6.07, 6.45) is 7.14. The van der Waals surface area contributed by atoms with Crippen molar-refractivity contribution in [3.05, 3.63) is 52.9 Å². The number of nitrogens with one attached hydrogen (secondary N) is 2. The molecule has 3 heterocycles. The third kappa shape index (κ3) is 5.75. The lowest BCUT2D eigenvalue weighted by atomic mass is 9.95. The zero-order chi connectivity index (χ0) is 26.2. The number of oxazole rings is 1. The molecule has 0 spiro atoms. The summed E-state index contributed by atoms with van der Waals surface area (Å²) in [7, 11) is 0. The number of imidazole rings is 1. The molecule has 0 aliphatic heterocycles. The molecule has 0 atom stereocenters. The van der Waals surface area contributed by atoms with Crippen LogP contribution in [-0.4, -0.2) is 43.1 Å². The van der Waals surface area contributed by atoms with Crippen molar-refractivity contribution >= 4 is 40.1 Å². The molecule has 1 fully saturated rings. The van der Waals surface area contributed by atoms with E-state index >= 15 is 0 Å². The Morgan fingerprint density at radius 1 is 1.16 bits per heavy atom. The van der Waals surface area contributed by atoms with Crippen molar-refractivity contribution in [1.29, 1.82) is 0 Å². The maximum Gasteiger partial charge on any atom is 0.268 e. The highest BCUT2D eigenvalue weighted by Crippen LogP contribution is 2.30. The number of rotatable bonds is 7. The Bertz CT molecular complexity index is 1440. The second-order valence-corrected chi connectivity index (χ2v) is 11.3. The predicted molar refractivity (Wildman–Crippen MR) is 143 cm³/mol. The fourth-order valence-electron chi connectivity index (χ4n) is 4.66. The summed E-state index contributed by atoms with van der Waals surface area (Å²) in [5, 5.41) is 16.6. The Morgan fingerprint density at radius 2 is 1.95 bits per heavy atom. The predicted octanol–water partition coefficient (Wildman–Crippen LogP) is 5.15. The minimum atomic E-state index is -1.05. The van der Waals surface area contributed by atoms with Gasteiger partial charge in [0.05, 0.1) is 39.1 Å². The Labute approximate surface area is 218 Å². The second kappa shape index (κ2) is 10.1. The Balaban J connectivity index is 1.41. The molecule has 194 valence electrons. The van der Waals surface area contributed by atoms with E-state index in [1.54, 1.807) is 49.7 Å². The van der Waals surface area contributed by atoms with Crippen LogP contribution in [0.1, 0.15) is 71.9 Å². The number of hydrogen-bond acceptors (Lipinski definition) is 7. The number of benzene rings is 1. The van der Waals surface area contributed by atoms with Crippen molar-refractivity contribution in [3.63, 3.8) is 0 Å². The van der Waals surface area contributed by atoms with Crippen LogP contribution in [0, 0.1) is 6.92 Å². The van der Waals surface area contributed by atoms with Gasteiger partial charge in [0, 0.05) is 18.5 Å². The summed E-state index contributed by atoms with van der Waals surface area (Å²) in [5.74, 6) is 1.02. The minimum Gasteiger partial charge on any atom is -0.440 e. The molecule has 0 radical (unpaired) electrons. The maximum atomic E-state index is 13.1. The number of thiophene rings is 1. The van der Waals surface area contributed by atoms with Crippen molar-refractivity contribution in [2.24, 2.45) is 0 Å². The largest absolute Gasteiger partial charge is 0.440 e. The second-order valence-electron chi connectivity index (χ2n) is 10.2. The number of fused-ring (bicyclic) bond motifs is 1. The van der Waals surface area contributed by atoms with Crippen LogP contribution in [0.3, 0.4) is 0 Å². The summed E-state index contributed by atoms with van der Waals surface area (Å²) in [6, 6.07) is 9.06. The van der Waals surface area contributed by atoms with Crippen LogP contribution in [0.25, 0.3) is 21.7 Å². The first-order valence-corrected chi connectivity index (χ1v) is 13.4. The molecule has 1 aliphatic carbocycles. The van der Waals surface area contributed by atoms with Crippen LogP contribution in [0.2, 0.25) is 0 Å². The van der Waals surface area contributed by atoms with Crippen LogP contribution in [0.5, 0.6) is 0 Å². The smallest absolute Gasteiger partial charge is 0.268 e. The van der Waals surface area contributed by atoms with Crippen LogP contribution in [-0.2, 0) is 6.54 Å². The van der Waals surface area contributed by atoms with Gasteiger partial charge >= 0.3 is 0 Å². The van der Waals surface area contributed by atoms with Gasteiger partial charge in [-0.3, -0.25) is 14.9 Å². The first-order valence-electron chi connectivity index (χ1n) is 12.5. The molecule has 5 rings (SSSR count). The van der Waals surface area contributed by atoms with Crippen molar-refractivity contribution in [1.82, 2.24) is 19.9 Å². The Hall–Kier alpha value is -3.50. The lowest BCUT2D eigenvalue weighted by Gasteiger charge is -2.22. The van der Waals surface area contributed by atoms with Crippen LogP contribution in [0.4, 0.5) is 5.95 Å². The van der Waals surface area contributed by atoms with E-state index in [9.17, 15) is 14.7 Å². The van der Waals surface area contributed by atoms with Gasteiger partial charge in [0.25, 0.3) is 11.8 Å². The summed E-state index contributed by atoms with van der Waals surface area (Å²) >= 11 is 1.29. The molecule has 3 N–H and O–H groups in total. The standard InChI is InChI=1S/C27H31N5O4S/c1-16-28-14-21(36-16)22-11-12-23(37-22)25(34)31-26-30-19-13-17(24(33)29-18-7-5-4-6-8-18)9-10-20(19)32(26)15-27(2,3)35/h9-14,18,35H,4-8,15H2,1-3H3,(H,29,33)(H,30,31,34). The Kier molecular flexibility index (Phi) is 6.87. The van der Waals surface area contributed by atoms with Crippen LogP contribution < -0.4 is 10.6 Å². The highest BCUT2D eigenvalue weighted by molar-refractivity contribution is 7.17. The monoisotopic (exact) mass is 521 g/mol. The molecule has 9 nitrogen and oxygen atoms in total. The molecule has 37 heavy (non-hydrogen) atoms. The molecule has 0 unspecified atom stereocenters. The molecule has 3 aromatic heterocycles. The number of aliphatic hydroxyl groups is 1. The van der Waals surface area contributed by atoms with E-state index in [0.717, 1.165) is 36.1 Å². The van der Waals surface area contributed by atoms with Crippen molar-refractivity contribution in [3.8, 4) is 10.6 Å². The zero-order valence-electron chi connectivity index (χ0n) is 21.2. The summed E-state index contributed by atoms with van der Waals surface area (Å²) in [4.78, 5) is 36.1. The number of hydrogen-bond donors (Lipinski definition) is 3. The number of anilines is 1. The van der Waals surface area contributed by atoms with Gasteiger partial charge < -0.3 is 19.4 Å². The molecule has 4 aromatic rings. The number of nitrogens with zero attached hydrogens (tertiary/aromatic N) is 3. The van der Waals surface area contributed by atoms with Gasteiger partial charge in [-0.05, 0) is 57.0 Å². The van der Waals surface area contributed by atoms with E-state index in [2.05, 4.69) is 20.6 Å². The average molecular weight is 522 g/mol. The van der Waals surface area contributed by atoms with Gasteiger partial charge in [-0.2, -0.15) is 0 Å². The van der Waals surface area contributed by atoms with Crippen LogP contribution in [0.15, 0.2) is 40.9 Å². The number of aromatic nitrogens is 3. The van der Waals surface area contributed by atoms with Gasteiger partial charge in [0.2, 0.25) is 5.95 Å². The molecule has 2 amide bonds. The number of carbonyl (C=O) groups excluding carboxylic acids is 2. The summed E-state index contributed by atoms with van der Waals surface area (Å²) in [6.45, 7) is 5.37. The highest BCUT2D eigenvalue weighted by atomic mass is 32.1. The van der Waals surface area contributed by atoms with Gasteiger partial charge in [-0.15, -0.1) is 11.3 Å². The molecule has 0 saturated heterocycles. The lowest BCUT2D eigenvalue weighted by Crippen LogP contribution is -2.36. The molecular weight excluding hydrogens is 490 g/mol. The van der Waals surface area contributed by atoms with E-state index in [1.807, 2.05) is 12.1 Å². The molecule has 0 bridgehead atoms. The number of amides is 2. The lowest BCUT2D eigenvalue weighted by molar-refractivity contribution is 0.0630. The van der Waals surface area contributed by atoms with E-state index in [0.29, 0.717) is 33.6 Å². The third-order valence-electron chi connectivity index (χ3n) is 6.42. The SMILES string of the molecule is Cc1ncc(-c2ccc(C(=O)Nc3nc4cc(C(=O)NC5CCCCC5)ccc4n3CC(C)(C)O)s2)o1. The van der Waals surface area contributed by atoms with E-state index in [1.165, 1.54) is 17.8 Å². The molecule has 1 saturated carbocycles. The number of aryl methyl sites for hydroxylation is 1. The molecule has 10 heteroatoms. The van der Waals surface area contributed by atoms with Gasteiger partial charge in [0.1, 0.15) is 0 Å². The third-order valence-corrected chi connectivity index (χ3v) is 7.51. The minimum absolute atomic E-state index is 0.120. The fourth-order valence-corrected chi connectivity index (χ4v) is 5.51.